The molecule has 3 heterocycles. The van der Waals surface area contributed by atoms with Gasteiger partial charge < -0.3 is 14.4 Å². The molecule has 1 amide bonds. The minimum Gasteiger partial charge on any atom is -0.394 e. The number of amides is 1. The Kier molecular flexibility index (Phi) is 7.61. The van der Waals surface area contributed by atoms with E-state index in [-0.39, 0.29) is 29.2 Å². The molecular weight excluding hydrogens is 442 g/mol. The first-order chi connectivity index (χ1) is 15.0. The summed E-state index contributed by atoms with van der Waals surface area (Å²) < 4.78 is 30.9. The van der Waals surface area contributed by atoms with Crippen LogP contribution < -0.4 is 10.9 Å². The van der Waals surface area contributed by atoms with Crippen molar-refractivity contribution in [1.82, 2.24) is 24.2 Å². The number of nitrogens with one attached hydrogen (secondary N) is 2. The fourth-order valence-corrected chi connectivity index (χ4v) is 6.02. The number of halogens is 1. The lowest BCUT2D eigenvalue weighted by molar-refractivity contribution is -0.114. The van der Waals surface area contributed by atoms with Crippen LogP contribution in [0.4, 0.5) is 10.3 Å². The molecule has 1 fully saturated rings. The summed E-state index contributed by atoms with van der Waals surface area (Å²) in [5.41, 5.74) is -0.561. The van der Waals surface area contributed by atoms with Crippen molar-refractivity contribution in [2.24, 2.45) is 0 Å². The van der Waals surface area contributed by atoms with Crippen molar-refractivity contribution in [3.63, 3.8) is 0 Å². The van der Waals surface area contributed by atoms with Crippen molar-refractivity contribution >= 4 is 31.3 Å². The smallest absolute Gasteiger partial charge is 0.280 e. The highest BCUT2D eigenvalue weighted by molar-refractivity contribution is 7.49. The van der Waals surface area contributed by atoms with E-state index < -0.39 is 51.0 Å². The van der Waals surface area contributed by atoms with Crippen molar-refractivity contribution in [3.8, 4) is 0 Å². The molecule has 3 N–H and O–H groups in total. The Bertz CT molecular complexity index is 1010. The van der Waals surface area contributed by atoms with Crippen molar-refractivity contribution in [2.45, 2.75) is 71.3 Å². The molecule has 5 atom stereocenters. The Morgan fingerprint density at radius 1 is 1.44 bits per heavy atom. The first-order valence-electron chi connectivity index (χ1n) is 10.4. The SMILES string of the molecule is CC(=O)Nc1nc2c(ncn2[C@@H]2O[C@H](CO)C(OP(C)N(C(C)C)C(C)C)[C@@H]2F)c(=O)[nH]1. The van der Waals surface area contributed by atoms with Crippen LogP contribution in [-0.4, -0.2) is 78.9 Å². The van der Waals surface area contributed by atoms with Crippen LogP contribution in [0.3, 0.4) is 0 Å². The second-order valence-corrected chi connectivity index (χ2v) is 9.81. The van der Waals surface area contributed by atoms with E-state index in [1.807, 2.05) is 34.4 Å². The van der Waals surface area contributed by atoms with Gasteiger partial charge in [-0.3, -0.25) is 29.1 Å². The van der Waals surface area contributed by atoms with E-state index in [4.69, 9.17) is 9.26 Å². The molecule has 13 heteroatoms. The summed E-state index contributed by atoms with van der Waals surface area (Å²) in [4.78, 5) is 34.3. The molecule has 0 bridgehead atoms. The Hall–Kier alpha value is -1.98. The third-order valence-electron chi connectivity index (χ3n) is 5.11. The van der Waals surface area contributed by atoms with Crippen LogP contribution in [0, 0.1) is 0 Å². The number of imidazole rings is 1. The monoisotopic (exact) mass is 472 g/mol. The third kappa shape index (κ3) is 4.84. The highest BCUT2D eigenvalue weighted by atomic mass is 31.2. The number of anilines is 1. The zero-order chi connectivity index (χ0) is 23.7. The molecule has 1 aliphatic heterocycles. The molecule has 0 aromatic carbocycles. The van der Waals surface area contributed by atoms with Crippen LogP contribution >= 0.6 is 8.30 Å². The average Bonchev–Trinajstić information content (AvgIpc) is 3.22. The molecule has 0 aliphatic carbocycles. The molecule has 32 heavy (non-hydrogen) atoms. The number of hydrogen-bond acceptors (Lipinski definition) is 8. The van der Waals surface area contributed by atoms with Gasteiger partial charge >= 0.3 is 0 Å². The summed E-state index contributed by atoms with van der Waals surface area (Å²) in [7, 11) is -1.17. The highest BCUT2D eigenvalue weighted by Gasteiger charge is 2.48. The molecular formula is C19H30FN6O5P. The van der Waals surface area contributed by atoms with E-state index in [0.29, 0.717) is 0 Å². The molecule has 2 aromatic rings. The van der Waals surface area contributed by atoms with Crippen molar-refractivity contribution in [2.75, 3.05) is 18.6 Å². The van der Waals surface area contributed by atoms with Gasteiger partial charge in [-0.1, -0.05) is 0 Å². The molecule has 0 saturated carbocycles. The van der Waals surface area contributed by atoms with Gasteiger partial charge in [-0.15, -0.1) is 0 Å². The predicted octanol–water partition coefficient (Wildman–Crippen LogP) is 1.75. The van der Waals surface area contributed by atoms with Gasteiger partial charge in [0.25, 0.3) is 5.56 Å². The summed E-state index contributed by atoms with van der Waals surface area (Å²) in [5.74, 6) is -0.512. The average molecular weight is 472 g/mol. The van der Waals surface area contributed by atoms with Crippen LogP contribution in [0.5, 0.6) is 0 Å². The molecule has 0 spiro atoms. The molecule has 3 rings (SSSR count). The summed E-state index contributed by atoms with van der Waals surface area (Å²) in [6, 6.07) is 0.381. The molecule has 178 valence electrons. The van der Waals surface area contributed by atoms with E-state index >= 15 is 4.39 Å². The van der Waals surface area contributed by atoms with Crippen molar-refractivity contribution < 1.29 is 23.6 Å². The van der Waals surface area contributed by atoms with Gasteiger partial charge in [-0.05, 0) is 34.4 Å². The standard InChI is InChI=1S/C19H30FN6O5P/c1-9(2)26(10(3)4)32(6)31-15-12(7-27)30-18(13(15)20)25-8-21-14-16(25)23-19(22-11(5)28)24-17(14)29/h8-10,12-13,15,18,27H,7H2,1-6H3,(H2,22,23,24,28,29)/t12-,13+,15?,18-,32?/m1/s1. The number of H-pyrrole nitrogens is 1. The largest absolute Gasteiger partial charge is 0.394 e. The zero-order valence-electron chi connectivity index (χ0n) is 18.9. The Balaban J connectivity index is 1.91. The number of rotatable bonds is 8. The maximum atomic E-state index is 15.6. The second kappa shape index (κ2) is 9.88. The van der Waals surface area contributed by atoms with Gasteiger partial charge in [0.2, 0.25) is 11.9 Å². The van der Waals surface area contributed by atoms with Gasteiger partial charge in [0.1, 0.15) is 20.5 Å². The number of alkyl halides is 1. The molecule has 0 radical (unpaired) electrons. The van der Waals surface area contributed by atoms with Crippen LogP contribution in [0.2, 0.25) is 0 Å². The molecule has 1 saturated heterocycles. The third-order valence-corrected chi connectivity index (χ3v) is 7.23. The fourth-order valence-electron chi connectivity index (χ4n) is 4.01. The summed E-state index contributed by atoms with van der Waals surface area (Å²) in [6.45, 7) is 10.9. The molecule has 1 aliphatic rings. The second-order valence-electron chi connectivity index (χ2n) is 8.21. The van der Waals surface area contributed by atoms with E-state index in [0.717, 1.165) is 0 Å². The molecule has 11 nitrogen and oxygen atoms in total. The normalized spacial score (nSPS) is 24.7. The lowest BCUT2D eigenvalue weighted by Crippen LogP contribution is -2.38. The van der Waals surface area contributed by atoms with Crippen LogP contribution in [0.15, 0.2) is 11.1 Å². The first kappa shape index (κ1) is 24.7. The summed E-state index contributed by atoms with van der Waals surface area (Å²) in [5, 5.41) is 12.2. The van der Waals surface area contributed by atoms with Gasteiger partial charge in [0.15, 0.2) is 23.6 Å². The number of carbonyl (C=O) groups is 1. The number of nitrogens with zero attached hydrogens (tertiary/aromatic N) is 4. The highest BCUT2D eigenvalue weighted by Crippen LogP contribution is 2.47. The Labute approximate surface area is 186 Å². The molecule has 2 aromatic heterocycles. The number of hydrogen-bond donors (Lipinski definition) is 3. The number of aliphatic hydroxyl groups is 1. The first-order valence-corrected chi connectivity index (χ1v) is 12.0. The van der Waals surface area contributed by atoms with Gasteiger partial charge in [0.05, 0.1) is 12.9 Å². The van der Waals surface area contributed by atoms with Crippen molar-refractivity contribution in [1.29, 1.82) is 0 Å². The van der Waals surface area contributed by atoms with E-state index in [1.54, 1.807) is 0 Å². The lowest BCUT2D eigenvalue weighted by atomic mass is 10.1. The quantitative estimate of drug-likeness (QED) is 0.495. The topological polar surface area (TPSA) is 135 Å². The minimum absolute atomic E-state index is 0.0247. The Morgan fingerprint density at radius 2 is 2.09 bits per heavy atom. The summed E-state index contributed by atoms with van der Waals surface area (Å²) >= 11 is 0. The number of carbonyl (C=O) groups excluding carboxylic acids is 1. The van der Waals surface area contributed by atoms with Crippen molar-refractivity contribution in [3.05, 3.63) is 16.7 Å². The van der Waals surface area contributed by atoms with E-state index in [2.05, 4.69) is 24.9 Å². The zero-order valence-corrected chi connectivity index (χ0v) is 19.8. The minimum atomic E-state index is -1.65. The summed E-state index contributed by atoms with van der Waals surface area (Å²) in [6.07, 6.45) is -3.54. The maximum absolute atomic E-state index is 15.6. The Morgan fingerprint density at radius 3 is 2.66 bits per heavy atom. The van der Waals surface area contributed by atoms with E-state index in [1.165, 1.54) is 17.8 Å². The van der Waals surface area contributed by atoms with Crippen LogP contribution in [-0.2, 0) is 14.1 Å². The lowest BCUT2D eigenvalue weighted by Gasteiger charge is -2.37. The van der Waals surface area contributed by atoms with Gasteiger partial charge in [-0.25, -0.2) is 9.37 Å². The van der Waals surface area contributed by atoms with Crippen LogP contribution in [0.1, 0.15) is 40.8 Å². The van der Waals surface area contributed by atoms with Gasteiger partial charge in [0, 0.05) is 19.0 Å². The fraction of sp³-hybridized carbons (Fsp3) is 0.684. The van der Waals surface area contributed by atoms with Crippen LogP contribution in [0.25, 0.3) is 11.2 Å². The number of aliphatic hydroxyl groups excluding tert-OH is 1. The number of fused-ring (bicyclic) bond motifs is 1. The predicted molar refractivity (Wildman–Crippen MR) is 118 cm³/mol. The molecule has 2 unspecified atom stereocenters. The number of ether oxygens (including phenoxy) is 1. The van der Waals surface area contributed by atoms with Gasteiger partial charge in [-0.2, -0.15) is 4.98 Å². The van der Waals surface area contributed by atoms with E-state index in [9.17, 15) is 14.7 Å². The number of aromatic nitrogens is 4. The maximum Gasteiger partial charge on any atom is 0.280 e. The number of aromatic amines is 1.